The topological polar surface area (TPSA) is 77.2 Å². The van der Waals surface area contributed by atoms with Gasteiger partial charge in [-0.15, -0.1) is 0 Å². The first-order valence-electron chi connectivity index (χ1n) is 4.70. The van der Waals surface area contributed by atoms with Crippen LogP contribution < -0.4 is 5.73 Å². The van der Waals surface area contributed by atoms with Crippen LogP contribution in [-0.2, 0) is 6.54 Å². The summed E-state index contributed by atoms with van der Waals surface area (Å²) in [5, 5.41) is 13.0. The SMILES string of the molecule is Cc1coc(-c2cc(N)n(CCO)n2)c1. The summed E-state index contributed by atoms with van der Waals surface area (Å²) in [5.74, 6) is 1.21. The third kappa shape index (κ3) is 1.87. The molecule has 3 N–H and O–H groups in total. The fourth-order valence-corrected chi connectivity index (χ4v) is 1.39. The summed E-state index contributed by atoms with van der Waals surface area (Å²) in [7, 11) is 0. The van der Waals surface area contributed by atoms with E-state index in [9.17, 15) is 0 Å². The number of aryl methyl sites for hydroxylation is 1. The van der Waals surface area contributed by atoms with Crippen LogP contribution in [0.1, 0.15) is 5.56 Å². The Bertz CT molecular complexity index is 459. The van der Waals surface area contributed by atoms with E-state index in [1.807, 2.05) is 13.0 Å². The zero-order chi connectivity index (χ0) is 10.8. The molecule has 15 heavy (non-hydrogen) atoms. The highest BCUT2D eigenvalue weighted by atomic mass is 16.3. The molecule has 2 aromatic rings. The van der Waals surface area contributed by atoms with Crippen molar-refractivity contribution in [1.82, 2.24) is 9.78 Å². The van der Waals surface area contributed by atoms with Gasteiger partial charge in [-0.25, -0.2) is 4.68 Å². The van der Waals surface area contributed by atoms with Crippen LogP contribution in [0, 0.1) is 6.92 Å². The Morgan fingerprint density at radius 2 is 2.33 bits per heavy atom. The number of hydrogen-bond donors (Lipinski definition) is 2. The molecule has 0 atom stereocenters. The summed E-state index contributed by atoms with van der Waals surface area (Å²) in [6, 6.07) is 3.62. The Balaban J connectivity index is 2.33. The number of rotatable bonds is 3. The fraction of sp³-hybridized carbons (Fsp3) is 0.300. The zero-order valence-electron chi connectivity index (χ0n) is 8.47. The van der Waals surface area contributed by atoms with E-state index in [1.165, 1.54) is 0 Å². The van der Waals surface area contributed by atoms with Crippen molar-refractivity contribution in [3.05, 3.63) is 24.0 Å². The van der Waals surface area contributed by atoms with Crippen molar-refractivity contribution in [2.45, 2.75) is 13.5 Å². The van der Waals surface area contributed by atoms with E-state index < -0.39 is 0 Å². The van der Waals surface area contributed by atoms with Gasteiger partial charge in [-0.3, -0.25) is 0 Å². The number of nitrogens with zero attached hydrogens (tertiary/aromatic N) is 2. The van der Waals surface area contributed by atoms with Gasteiger partial charge < -0.3 is 15.3 Å². The van der Waals surface area contributed by atoms with Crippen molar-refractivity contribution in [2.24, 2.45) is 0 Å². The van der Waals surface area contributed by atoms with Crippen molar-refractivity contribution in [3.63, 3.8) is 0 Å². The molecule has 0 fully saturated rings. The van der Waals surface area contributed by atoms with Gasteiger partial charge in [0.15, 0.2) is 5.76 Å². The van der Waals surface area contributed by atoms with Gasteiger partial charge in [-0.2, -0.15) is 5.10 Å². The normalized spacial score (nSPS) is 10.8. The van der Waals surface area contributed by atoms with E-state index in [1.54, 1.807) is 17.0 Å². The molecule has 5 nitrogen and oxygen atoms in total. The van der Waals surface area contributed by atoms with Crippen LogP contribution in [0.25, 0.3) is 11.5 Å². The number of hydrogen-bond acceptors (Lipinski definition) is 4. The van der Waals surface area contributed by atoms with Gasteiger partial charge in [0.05, 0.1) is 19.4 Å². The summed E-state index contributed by atoms with van der Waals surface area (Å²) in [6.07, 6.45) is 1.66. The Morgan fingerprint density at radius 3 is 2.93 bits per heavy atom. The minimum Gasteiger partial charge on any atom is -0.462 e. The van der Waals surface area contributed by atoms with E-state index in [-0.39, 0.29) is 6.61 Å². The maximum Gasteiger partial charge on any atom is 0.154 e. The van der Waals surface area contributed by atoms with E-state index in [0.29, 0.717) is 23.8 Å². The van der Waals surface area contributed by atoms with E-state index in [0.717, 1.165) is 5.56 Å². The van der Waals surface area contributed by atoms with Crippen molar-refractivity contribution in [1.29, 1.82) is 0 Å². The standard InChI is InChI=1S/C10H13N3O2/c1-7-4-9(15-6-7)8-5-10(11)13(12-8)2-3-14/h4-6,14H,2-3,11H2,1H3. The lowest BCUT2D eigenvalue weighted by molar-refractivity contribution is 0.270. The first-order valence-corrected chi connectivity index (χ1v) is 4.70. The zero-order valence-corrected chi connectivity index (χ0v) is 8.47. The number of aromatic nitrogens is 2. The molecule has 0 aliphatic carbocycles. The summed E-state index contributed by atoms with van der Waals surface area (Å²) < 4.78 is 6.85. The monoisotopic (exact) mass is 207 g/mol. The highest BCUT2D eigenvalue weighted by molar-refractivity contribution is 5.57. The van der Waals surface area contributed by atoms with E-state index >= 15 is 0 Å². The Kier molecular flexibility index (Phi) is 2.47. The van der Waals surface area contributed by atoms with Crippen LogP contribution in [0.15, 0.2) is 22.8 Å². The molecule has 0 saturated carbocycles. The molecule has 2 rings (SSSR count). The molecule has 2 aromatic heterocycles. The molecule has 0 aliphatic heterocycles. The smallest absolute Gasteiger partial charge is 0.154 e. The molecule has 0 amide bonds. The first-order chi connectivity index (χ1) is 7.20. The van der Waals surface area contributed by atoms with Crippen LogP contribution in [0.4, 0.5) is 5.82 Å². The van der Waals surface area contributed by atoms with Crippen molar-refractivity contribution in [3.8, 4) is 11.5 Å². The molecule has 2 heterocycles. The van der Waals surface area contributed by atoms with Gasteiger partial charge >= 0.3 is 0 Å². The molecular weight excluding hydrogens is 194 g/mol. The minimum absolute atomic E-state index is 0.0164. The highest BCUT2D eigenvalue weighted by Gasteiger charge is 2.09. The van der Waals surface area contributed by atoms with Crippen molar-refractivity contribution in [2.75, 3.05) is 12.3 Å². The van der Waals surface area contributed by atoms with Gasteiger partial charge in [0.2, 0.25) is 0 Å². The van der Waals surface area contributed by atoms with Gasteiger partial charge in [0.25, 0.3) is 0 Å². The number of anilines is 1. The van der Waals surface area contributed by atoms with E-state index in [4.69, 9.17) is 15.3 Å². The first kappa shape index (κ1) is 9.79. The van der Waals surface area contributed by atoms with Crippen LogP contribution in [0.3, 0.4) is 0 Å². The average molecular weight is 207 g/mol. The third-order valence-electron chi connectivity index (χ3n) is 2.11. The molecule has 0 radical (unpaired) electrons. The van der Waals surface area contributed by atoms with Crippen LogP contribution in [0.2, 0.25) is 0 Å². The molecule has 0 aliphatic rings. The lowest BCUT2D eigenvalue weighted by atomic mass is 10.3. The maximum absolute atomic E-state index is 8.79. The Labute approximate surface area is 87.1 Å². The molecule has 0 aromatic carbocycles. The molecule has 0 saturated heterocycles. The fourth-order valence-electron chi connectivity index (χ4n) is 1.39. The van der Waals surface area contributed by atoms with Crippen LogP contribution in [-0.4, -0.2) is 21.5 Å². The summed E-state index contributed by atoms with van der Waals surface area (Å²) in [4.78, 5) is 0. The second-order valence-electron chi connectivity index (χ2n) is 3.39. The lowest BCUT2D eigenvalue weighted by Gasteiger charge is -1.98. The predicted octanol–water partition coefficient (Wildman–Crippen LogP) is 1.03. The molecule has 0 unspecified atom stereocenters. The minimum atomic E-state index is 0.0164. The highest BCUT2D eigenvalue weighted by Crippen LogP contribution is 2.22. The average Bonchev–Trinajstić information content (AvgIpc) is 2.75. The predicted molar refractivity (Wildman–Crippen MR) is 56.2 cm³/mol. The van der Waals surface area contributed by atoms with E-state index in [2.05, 4.69) is 5.10 Å². The van der Waals surface area contributed by atoms with Gasteiger partial charge in [-0.05, 0) is 18.6 Å². The number of aliphatic hydroxyl groups is 1. The van der Waals surface area contributed by atoms with Gasteiger partial charge in [0, 0.05) is 6.07 Å². The second-order valence-corrected chi connectivity index (χ2v) is 3.39. The van der Waals surface area contributed by atoms with Crippen molar-refractivity contribution < 1.29 is 9.52 Å². The van der Waals surface area contributed by atoms with Gasteiger partial charge in [-0.1, -0.05) is 0 Å². The molecule has 80 valence electrons. The lowest BCUT2D eigenvalue weighted by Crippen LogP contribution is -2.07. The number of furan rings is 1. The molecule has 0 bridgehead atoms. The maximum atomic E-state index is 8.79. The number of aliphatic hydroxyl groups excluding tert-OH is 1. The Hall–Kier alpha value is -1.75. The molecule has 5 heteroatoms. The quantitative estimate of drug-likeness (QED) is 0.787. The number of nitrogen functional groups attached to an aromatic ring is 1. The summed E-state index contributed by atoms with van der Waals surface area (Å²) >= 11 is 0. The van der Waals surface area contributed by atoms with Crippen LogP contribution >= 0.6 is 0 Å². The largest absolute Gasteiger partial charge is 0.462 e. The van der Waals surface area contributed by atoms with Crippen LogP contribution in [0.5, 0.6) is 0 Å². The molecule has 0 spiro atoms. The third-order valence-corrected chi connectivity index (χ3v) is 2.11. The Morgan fingerprint density at radius 1 is 1.53 bits per heavy atom. The van der Waals surface area contributed by atoms with Crippen molar-refractivity contribution >= 4 is 5.82 Å². The van der Waals surface area contributed by atoms with Gasteiger partial charge in [0.1, 0.15) is 11.5 Å². The number of nitrogens with two attached hydrogens (primary N) is 1. The molecular formula is C10H13N3O2. The summed E-state index contributed by atoms with van der Waals surface area (Å²) in [6.45, 7) is 2.36. The summed E-state index contributed by atoms with van der Waals surface area (Å²) in [5.41, 5.74) is 7.45. The second kappa shape index (κ2) is 3.78.